The molecule has 3 rings (SSSR count). The van der Waals surface area contributed by atoms with E-state index in [1.54, 1.807) is 22.9 Å². The highest BCUT2D eigenvalue weighted by molar-refractivity contribution is 5.83. The van der Waals surface area contributed by atoms with E-state index in [1.165, 1.54) is 6.33 Å². The van der Waals surface area contributed by atoms with Crippen LogP contribution in [0.4, 0.5) is 5.69 Å². The standard InChI is InChI=1S/C15H16N4O3/c1-3-9-12(21)15(4-2,7-20)22-14(9)19-8-18-11-10(16)5-6-17-13(11)19/h2-3,5-6,8-9,12,14,20-21H,1,7H2,(H2,16,17)/t9-,12-,14+,15+/m0/s1. The van der Waals surface area contributed by atoms with Gasteiger partial charge in [0, 0.05) is 6.20 Å². The Balaban J connectivity index is 2.12. The molecule has 0 amide bonds. The lowest BCUT2D eigenvalue weighted by molar-refractivity contribution is -0.0895. The van der Waals surface area contributed by atoms with Crippen molar-refractivity contribution < 1.29 is 14.9 Å². The number of hydrogen-bond acceptors (Lipinski definition) is 6. The Labute approximate surface area is 127 Å². The summed E-state index contributed by atoms with van der Waals surface area (Å²) < 4.78 is 7.43. The first kappa shape index (κ1) is 14.5. The van der Waals surface area contributed by atoms with Crippen LogP contribution in [-0.4, -0.2) is 43.1 Å². The number of ether oxygens (including phenoxy) is 1. The molecule has 7 heteroatoms. The fourth-order valence-electron chi connectivity index (χ4n) is 2.75. The molecule has 0 unspecified atom stereocenters. The first-order valence-electron chi connectivity index (χ1n) is 6.72. The van der Waals surface area contributed by atoms with Gasteiger partial charge in [0.2, 0.25) is 0 Å². The molecule has 1 saturated heterocycles. The molecule has 4 N–H and O–H groups in total. The number of nitrogens with zero attached hydrogens (tertiary/aromatic N) is 3. The molecule has 0 aromatic carbocycles. The van der Waals surface area contributed by atoms with E-state index in [-0.39, 0.29) is 0 Å². The predicted molar refractivity (Wildman–Crippen MR) is 80.4 cm³/mol. The van der Waals surface area contributed by atoms with Crippen molar-refractivity contribution >= 4 is 16.9 Å². The summed E-state index contributed by atoms with van der Waals surface area (Å²) in [6, 6.07) is 1.65. The van der Waals surface area contributed by atoms with E-state index in [0.29, 0.717) is 16.9 Å². The van der Waals surface area contributed by atoms with Gasteiger partial charge in [-0.3, -0.25) is 4.57 Å². The molecule has 7 nitrogen and oxygen atoms in total. The lowest BCUT2D eigenvalue weighted by Crippen LogP contribution is -2.43. The first-order chi connectivity index (χ1) is 10.6. The van der Waals surface area contributed by atoms with Gasteiger partial charge in [0.15, 0.2) is 11.2 Å². The molecule has 0 bridgehead atoms. The number of hydrogen-bond donors (Lipinski definition) is 3. The van der Waals surface area contributed by atoms with Crippen LogP contribution < -0.4 is 5.73 Å². The second-order valence-electron chi connectivity index (χ2n) is 5.18. The van der Waals surface area contributed by atoms with Crippen molar-refractivity contribution in [3.8, 4) is 12.3 Å². The molecule has 2 aromatic rings. The average Bonchev–Trinajstić information content (AvgIpc) is 3.07. The Hall–Kier alpha value is -2.40. The quantitative estimate of drug-likeness (QED) is 0.547. The van der Waals surface area contributed by atoms with Gasteiger partial charge in [0.05, 0.1) is 24.5 Å². The lowest BCUT2D eigenvalue weighted by atomic mass is 9.91. The molecule has 4 atom stereocenters. The maximum atomic E-state index is 10.4. The predicted octanol–water partition coefficient (Wildman–Crippen LogP) is 0.0697. The summed E-state index contributed by atoms with van der Waals surface area (Å²) in [7, 11) is 0. The highest BCUT2D eigenvalue weighted by Crippen LogP contribution is 2.42. The van der Waals surface area contributed by atoms with Crippen molar-refractivity contribution in [2.24, 2.45) is 5.92 Å². The monoisotopic (exact) mass is 300 g/mol. The van der Waals surface area contributed by atoms with Crippen LogP contribution in [0.1, 0.15) is 6.23 Å². The number of fused-ring (bicyclic) bond motifs is 1. The van der Waals surface area contributed by atoms with Gasteiger partial charge in [-0.2, -0.15) is 0 Å². The van der Waals surface area contributed by atoms with Crippen molar-refractivity contribution in [3.63, 3.8) is 0 Å². The molecule has 22 heavy (non-hydrogen) atoms. The summed E-state index contributed by atoms with van der Waals surface area (Å²) in [4.78, 5) is 8.47. The number of aliphatic hydroxyl groups is 2. The fraction of sp³-hybridized carbons (Fsp3) is 0.333. The summed E-state index contributed by atoms with van der Waals surface area (Å²) in [5.41, 5.74) is 5.91. The van der Waals surface area contributed by atoms with Gasteiger partial charge in [-0.25, -0.2) is 9.97 Å². The second kappa shape index (κ2) is 5.10. The van der Waals surface area contributed by atoms with Crippen LogP contribution in [0.5, 0.6) is 0 Å². The van der Waals surface area contributed by atoms with Crippen molar-refractivity contribution in [1.82, 2.24) is 14.5 Å². The lowest BCUT2D eigenvalue weighted by Gasteiger charge is -2.23. The van der Waals surface area contributed by atoms with Crippen molar-refractivity contribution in [2.75, 3.05) is 12.3 Å². The Morgan fingerprint density at radius 2 is 2.36 bits per heavy atom. The summed E-state index contributed by atoms with van der Waals surface area (Å²) in [6.45, 7) is 3.21. The van der Waals surface area contributed by atoms with E-state index in [0.717, 1.165) is 0 Å². The molecular weight excluding hydrogens is 284 g/mol. The minimum absolute atomic E-state index is 0.489. The SMILES string of the molecule is C#C[C@]1(CO)O[C@@H](n2cnc3c(N)ccnc32)[C@@H](C=C)[C@@H]1O. The normalized spacial score (nSPS) is 31.2. The van der Waals surface area contributed by atoms with E-state index < -0.39 is 30.5 Å². The Kier molecular flexibility index (Phi) is 3.37. The summed E-state index contributed by atoms with van der Waals surface area (Å²) in [6.07, 6.45) is 8.29. The average molecular weight is 300 g/mol. The van der Waals surface area contributed by atoms with Crippen LogP contribution in [0.25, 0.3) is 11.2 Å². The van der Waals surface area contributed by atoms with Gasteiger partial charge in [0.1, 0.15) is 17.8 Å². The number of aliphatic hydroxyl groups excluding tert-OH is 2. The van der Waals surface area contributed by atoms with Crippen molar-refractivity contribution in [1.29, 1.82) is 0 Å². The number of rotatable bonds is 3. The van der Waals surface area contributed by atoms with Crippen LogP contribution in [0, 0.1) is 18.3 Å². The number of imidazole rings is 1. The van der Waals surface area contributed by atoms with Gasteiger partial charge in [-0.15, -0.1) is 13.0 Å². The van der Waals surface area contributed by atoms with Crippen LogP contribution >= 0.6 is 0 Å². The Morgan fingerprint density at radius 3 is 3.00 bits per heavy atom. The molecule has 0 saturated carbocycles. The number of aromatic nitrogens is 3. The van der Waals surface area contributed by atoms with Gasteiger partial charge >= 0.3 is 0 Å². The highest BCUT2D eigenvalue weighted by atomic mass is 16.6. The van der Waals surface area contributed by atoms with Crippen LogP contribution in [0.3, 0.4) is 0 Å². The topological polar surface area (TPSA) is 106 Å². The summed E-state index contributed by atoms with van der Waals surface area (Å²) in [5, 5.41) is 20.0. The van der Waals surface area contributed by atoms with Gasteiger partial charge < -0.3 is 20.7 Å². The maximum absolute atomic E-state index is 10.4. The van der Waals surface area contributed by atoms with Crippen LogP contribution in [0.2, 0.25) is 0 Å². The first-order valence-corrected chi connectivity index (χ1v) is 6.72. The van der Waals surface area contributed by atoms with E-state index in [4.69, 9.17) is 16.9 Å². The zero-order valence-corrected chi connectivity index (χ0v) is 11.8. The Bertz CT molecular complexity index is 766. The smallest absolute Gasteiger partial charge is 0.180 e. The molecule has 0 aliphatic carbocycles. The minimum atomic E-state index is -1.49. The van der Waals surface area contributed by atoms with Crippen molar-refractivity contribution in [3.05, 3.63) is 31.2 Å². The van der Waals surface area contributed by atoms with Gasteiger partial charge in [0.25, 0.3) is 0 Å². The molecular formula is C15H16N4O3. The number of nitrogens with two attached hydrogens (primary N) is 1. The molecule has 2 aromatic heterocycles. The van der Waals surface area contributed by atoms with E-state index in [1.807, 2.05) is 0 Å². The summed E-state index contributed by atoms with van der Waals surface area (Å²) in [5.74, 6) is 1.82. The third-order valence-corrected chi connectivity index (χ3v) is 4.02. The molecule has 0 spiro atoms. The van der Waals surface area contributed by atoms with Gasteiger partial charge in [-0.05, 0) is 6.07 Å². The summed E-state index contributed by atoms with van der Waals surface area (Å²) >= 11 is 0. The van der Waals surface area contributed by atoms with E-state index in [9.17, 15) is 10.2 Å². The molecule has 1 aliphatic heterocycles. The van der Waals surface area contributed by atoms with E-state index >= 15 is 0 Å². The van der Waals surface area contributed by atoms with E-state index in [2.05, 4.69) is 22.5 Å². The van der Waals surface area contributed by atoms with Gasteiger partial charge in [-0.1, -0.05) is 12.0 Å². The molecule has 0 radical (unpaired) electrons. The number of pyridine rings is 1. The zero-order chi connectivity index (χ0) is 15.9. The second-order valence-corrected chi connectivity index (χ2v) is 5.18. The maximum Gasteiger partial charge on any atom is 0.180 e. The molecule has 3 heterocycles. The fourth-order valence-corrected chi connectivity index (χ4v) is 2.75. The van der Waals surface area contributed by atoms with Crippen LogP contribution in [0.15, 0.2) is 31.2 Å². The number of nitrogen functional groups attached to an aromatic ring is 1. The molecule has 114 valence electrons. The Morgan fingerprint density at radius 1 is 1.59 bits per heavy atom. The number of terminal acetylenes is 1. The number of anilines is 1. The third-order valence-electron chi connectivity index (χ3n) is 4.02. The highest BCUT2D eigenvalue weighted by Gasteiger charge is 2.53. The minimum Gasteiger partial charge on any atom is -0.397 e. The molecule has 1 fully saturated rings. The van der Waals surface area contributed by atoms with Crippen molar-refractivity contribution in [2.45, 2.75) is 17.9 Å². The third kappa shape index (κ3) is 1.82. The zero-order valence-electron chi connectivity index (χ0n) is 11.8. The van der Waals surface area contributed by atoms with Crippen LogP contribution in [-0.2, 0) is 4.74 Å². The molecule has 1 aliphatic rings. The largest absolute Gasteiger partial charge is 0.397 e.